The Morgan fingerprint density at radius 1 is 1.31 bits per heavy atom. The second-order valence-corrected chi connectivity index (χ2v) is 5.24. The molecular weight excluding hydrogens is 200 g/mol. The van der Waals surface area contributed by atoms with Crippen LogP contribution in [0.5, 0.6) is 0 Å². The van der Waals surface area contributed by atoms with E-state index in [1.54, 1.807) is 0 Å². The third-order valence-corrected chi connectivity index (χ3v) is 4.07. The first-order chi connectivity index (χ1) is 7.81. The Bertz CT molecular complexity index is 234. The second kappa shape index (κ2) is 5.55. The van der Waals surface area contributed by atoms with Gasteiger partial charge in [0.25, 0.3) is 0 Å². The molecule has 1 aliphatic heterocycles. The smallest absolute Gasteiger partial charge is 0.317 e. The Balaban J connectivity index is 1.81. The highest BCUT2D eigenvalue weighted by atomic mass is 16.2. The molecule has 16 heavy (non-hydrogen) atoms. The molecule has 92 valence electrons. The molecule has 0 aromatic heterocycles. The number of urea groups is 1. The molecule has 1 heterocycles. The van der Waals surface area contributed by atoms with Crippen LogP contribution in [0, 0.1) is 5.92 Å². The van der Waals surface area contributed by atoms with Crippen LogP contribution in [0.15, 0.2) is 0 Å². The maximum Gasteiger partial charge on any atom is 0.317 e. The Labute approximate surface area is 98.6 Å². The highest BCUT2D eigenvalue weighted by Gasteiger charge is 2.29. The summed E-state index contributed by atoms with van der Waals surface area (Å²) < 4.78 is 0. The maximum absolute atomic E-state index is 11.7. The molecule has 3 nitrogen and oxygen atoms in total. The molecule has 3 heteroatoms. The molecule has 2 amide bonds. The Hall–Kier alpha value is -0.730. The first-order valence-corrected chi connectivity index (χ1v) is 6.85. The molecular formula is C13H24N2O. The Morgan fingerprint density at radius 3 is 2.69 bits per heavy atom. The van der Waals surface area contributed by atoms with Gasteiger partial charge >= 0.3 is 6.03 Å². The molecule has 2 rings (SSSR count). The van der Waals surface area contributed by atoms with E-state index < -0.39 is 0 Å². The number of rotatable bonds is 3. The van der Waals surface area contributed by atoms with Crippen LogP contribution < -0.4 is 5.32 Å². The van der Waals surface area contributed by atoms with E-state index in [4.69, 9.17) is 0 Å². The molecule has 0 spiro atoms. The number of carbonyl (C=O) groups excluding carboxylic acids is 1. The van der Waals surface area contributed by atoms with E-state index in [0.717, 1.165) is 25.4 Å². The van der Waals surface area contributed by atoms with Crippen LogP contribution in [0.25, 0.3) is 0 Å². The molecule has 0 unspecified atom stereocenters. The van der Waals surface area contributed by atoms with Gasteiger partial charge in [-0.3, -0.25) is 0 Å². The van der Waals surface area contributed by atoms with Crippen molar-refractivity contribution >= 4 is 6.03 Å². The normalized spacial score (nSPS) is 31.3. The zero-order valence-electron chi connectivity index (χ0n) is 10.4. The van der Waals surface area contributed by atoms with E-state index in [9.17, 15) is 4.79 Å². The first kappa shape index (κ1) is 11.7. The SMILES string of the molecule is CCCC1CCC(N2CCCNC2=O)CC1. The monoisotopic (exact) mass is 224 g/mol. The summed E-state index contributed by atoms with van der Waals surface area (Å²) in [6, 6.07) is 0.693. The largest absolute Gasteiger partial charge is 0.338 e. The summed E-state index contributed by atoms with van der Waals surface area (Å²) in [7, 11) is 0. The fourth-order valence-corrected chi connectivity index (χ4v) is 3.15. The van der Waals surface area contributed by atoms with Gasteiger partial charge in [-0.05, 0) is 38.0 Å². The summed E-state index contributed by atoms with van der Waals surface area (Å²) in [6.45, 7) is 4.10. The zero-order valence-corrected chi connectivity index (χ0v) is 10.4. The number of amides is 2. The van der Waals surface area contributed by atoms with Gasteiger partial charge in [-0.15, -0.1) is 0 Å². The molecule has 0 aromatic carbocycles. The van der Waals surface area contributed by atoms with Crippen molar-refractivity contribution in [2.75, 3.05) is 13.1 Å². The van der Waals surface area contributed by atoms with E-state index in [-0.39, 0.29) is 6.03 Å². The molecule has 1 saturated carbocycles. The fraction of sp³-hybridized carbons (Fsp3) is 0.923. The van der Waals surface area contributed by atoms with Crippen molar-refractivity contribution in [3.8, 4) is 0 Å². The Morgan fingerprint density at radius 2 is 2.06 bits per heavy atom. The lowest BCUT2D eigenvalue weighted by atomic mass is 9.83. The quantitative estimate of drug-likeness (QED) is 0.785. The van der Waals surface area contributed by atoms with Gasteiger partial charge in [0.1, 0.15) is 0 Å². The van der Waals surface area contributed by atoms with Crippen molar-refractivity contribution in [3.05, 3.63) is 0 Å². The number of hydrogen-bond acceptors (Lipinski definition) is 1. The lowest BCUT2D eigenvalue weighted by Crippen LogP contribution is -2.52. The minimum absolute atomic E-state index is 0.171. The van der Waals surface area contributed by atoms with Gasteiger partial charge < -0.3 is 10.2 Å². The summed E-state index contributed by atoms with van der Waals surface area (Å²) in [5.74, 6) is 0.925. The Kier molecular flexibility index (Phi) is 4.08. The lowest BCUT2D eigenvalue weighted by Gasteiger charge is -2.39. The minimum Gasteiger partial charge on any atom is -0.338 e. The first-order valence-electron chi connectivity index (χ1n) is 6.85. The van der Waals surface area contributed by atoms with Gasteiger partial charge in [0.15, 0.2) is 0 Å². The van der Waals surface area contributed by atoms with E-state index in [2.05, 4.69) is 17.1 Å². The molecule has 0 atom stereocenters. The highest BCUT2D eigenvalue weighted by Crippen LogP contribution is 2.30. The number of nitrogens with one attached hydrogen (secondary N) is 1. The molecule has 0 aromatic rings. The van der Waals surface area contributed by atoms with Crippen molar-refractivity contribution in [2.24, 2.45) is 5.92 Å². The van der Waals surface area contributed by atoms with E-state index in [1.165, 1.54) is 38.5 Å². The summed E-state index contributed by atoms with van der Waals surface area (Å²) in [6.07, 6.45) is 8.87. The van der Waals surface area contributed by atoms with Crippen molar-refractivity contribution in [3.63, 3.8) is 0 Å². The fourth-order valence-electron chi connectivity index (χ4n) is 3.15. The van der Waals surface area contributed by atoms with E-state index in [0.29, 0.717) is 6.04 Å². The minimum atomic E-state index is 0.171. The molecule has 2 fully saturated rings. The average Bonchev–Trinajstić information content (AvgIpc) is 2.31. The summed E-state index contributed by atoms with van der Waals surface area (Å²) in [5, 5.41) is 2.95. The van der Waals surface area contributed by atoms with Crippen LogP contribution >= 0.6 is 0 Å². The van der Waals surface area contributed by atoms with E-state index in [1.807, 2.05) is 0 Å². The van der Waals surface area contributed by atoms with Crippen molar-refractivity contribution in [2.45, 2.75) is 57.9 Å². The van der Waals surface area contributed by atoms with Crippen LogP contribution in [0.4, 0.5) is 4.79 Å². The predicted octanol–water partition coefficient (Wildman–Crippen LogP) is 2.76. The van der Waals surface area contributed by atoms with Gasteiger partial charge in [-0.25, -0.2) is 4.79 Å². The lowest BCUT2D eigenvalue weighted by molar-refractivity contribution is 0.130. The van der Waals surface area contributed by atoms with Crippen LogP contribution in [-0.2, 0) is 0 Å². The molecule has 1 N–H and O–H groups in total. The summed E-state index contributed by atoms with van der Waals surface area (Å²) >= 11 is 0. The molecule has 2 aliphatic rings. The molecule has 0 radical (unpaired) electrons. The van der Waals surface area contributed by atoms with Crippen molar-refractivity contribution in [1.29, 1.82) is 0 Å². The zero-order chi connectivity index (χ0) is 11.4. The van der Waals surface area contributed by atoms with Crippen LogP contribution in [0.1, 0.15) is 51.9 Å². The summed E-state index contributed by atoms with van der Waals surface area (Å²) in [5.41, 5.74) is 0. The van der Waals surface area contributed by atoms with Gasteiger partial charge in [-0.1, -0.05) is 19.8 Å². The number of hydrogen-bond donors (Lipinski definition) is 1. The highest BCUT2D eigenvalue weighted by molar-refractivity contribution is 5.75. The van der Waals surface area contributed by atoms with E-state index >= 15 is 0 Å². The van der Waals surface area contributed by atoms with Gasteiger partial charge in [0.2, 0.25) is 0 Å². The van der Waals surface area contributed by atoms with Crippen LogP contribution in [-0.4, -0.2) is 30.1 Å². The van der Waals surface area contributed by atoms with Gasteiger partial charge in [0.05, 0.1) is 0 Å². The van der Waals surface area contributed by atoms with Crippen LogP contribution in [0.2, 0.25) is 0 Å². The predicted molar refractivity (Wildman–Crippen MR) is 65.4 cm³/mol. The number of nitrogens with zero attached hydrogens (tertiary/aromatic N) is 1. The third-order valence-electron chi connectivity index (χ3n) is 4.07. The molecule has 1 saturated heterocycles. The second-order valence-electron chi connectivity index (χ2n) is 5.24. The number of carbonyl (C=O) groups is 1. The topological polar surface area (TPSA) is 32.3 Å². The third kappa shape index (κ3) is 2.69. The van der Waals surface area contributed by atoms with Crippen molar-refractivity contribution in [1.82, 2.24) is 10.2 Å². The average molecular weight is 224 g/mol. The molecule has 0 bridgehead atoms. The summed E-state index contributed by atoms with van der Waals surface area (Å²) in [4.78, 5) is 13.8. The van der Waals surface area contributed by atoms with Gasteiger partial charge in [0, 0.05) is 19.1 Å². The van der Waals surface area contributed by atoms with Gasteiger partial charge in [-0.2, -0.15) is 0 Å². The van der Waals surface area contributed by atoms with Crippen LogP contribution in [0.3, 0.4) is 0 Å². The van der Waals surface area contributed by atoms with Crippen molar-refractivity contribution < 1.29 is 4.79 Å². The standard InChI is InChI=1S/C13H24N2O/c1-2-4-11-5-7-12(8-6-11)15-10-3-9-14-13(15)16/h11-12H,2-10H2,1H3,(H,14,16). The molecule has 1 aliphatic carbocycles. The maximum atomic E-state index is 11.7.